The molecule has 10 heteroatoms. The van der Waals surface area contributed by atoms with Crippen molar-refractivity contribution in [2.45, 2.75) is 13.1 Å². The summed E-state index contributed by atoms with van der Waals surface area (Å²) in [5.41, 5.74) is 1.34. The van der Waals surface area contributed by atoms with Crippen LogP contribution in [0.4, 0.5) is 18.9 Å². The Morgan fingerprint density at radius 3 is 2.63 bits per heavy atom. The molecule has 4 rings (SSSR count). The van der Waals surface area contributed by atoms with Gasteiger partial charge in [0, 0.05) is 17.4 Å². The van der Waals surface area contributed by atoms with Crippen LogP contribution in [0, 0.1) is 6.92 Å². The highest BCUT2D eigenvalue weighted by Crippen LogP contribution is 2.31. The van der Waals surface area contributed by atoms with Crippen LogP contribution in [0.25, 0.3) is 22.4 Å². The molecule has 4 aromatic rings. The molecule has 0 unspecified atom stereocenters. The molecule has 0 fully saturated rings. The Morgan fingerprint density at radius 1 is 1.13 bits per heavy atom. The van der Waals surface area contributed by atoms with Crippen LogP contribution in [0.2, 0.25) is 5.02 Å². The highest BCUT2D eigenvalue weighted by atomic mass is 35.5. The van der Waals surface area contributed by atoms with E-state index in [2.05, 4.69) is 25.3 Å². The molecule has 152 valence electrons. The molecule has 0 spiro atoms. The van der Waals surface area contributed by atoms with Gasteiger partial charge in [-0.25, -0.2) is 9.97 Å². The van der Waals surface area contributed by atoms with Gasteiger partial charge in [0.1, 0.15) is 11.5 Å². The number of H-pyrrole nitrogens is 1. The topological polar surface area (TPSA) is 83.6 Å². The molecule has 3 aromatic heterocycles. The van der Waals surface area contributed by atoms with Crippen LogP contribution in [-0.4, -0.2) is 25.8 Å². The molecule has 1 amide bonds. The second-order valence-corrected chi connectivity index (χ2v) is 6.86. The largest absolute Gasteiger partial charge is 0.433 e. The number of amides is 1. The number of aromatic amines is 1. The maximum atomic E-state index is 12.8. The summed E-state index contributed by atoms with van der Waals surface area (Å²) in [5, 5.41) is 3.07. The van der Waals surface area contributed by atoms with Crippen molar-refractivity contribution >= 4 is 34.2 Å². The Kier molecular flexibility index (Phi) is 4.90. The van der Waals surface area contributed by atoms with E-state index in [1.807, 2.05) is 0 Å². The minimum absolute atomic E-state index is 0.0266. The van der Waals surface area contributed by atoms with Gasteiger partial charge in [-0.3, -0.25) is 9.78 Å². The van der Waals surface area contributed by atoms with Crippen LogP contribution in [0.3, 0.4) is 0 Å². The number of fused-ring (bicyclic) bond motifs is 1. The standard InChI is InChI=1S/C20H13ClF3N5O/c1-10-12(3-5-17(26-10)20(22,23)24)19(30)27-11-2-4-14(21)13(8-11)18-28-15-6-7-25-9-16(15)29-18/h2-9H,1H3,(H,27,30)(H,28,29). The zero-order valence-electron chi connectivity index (χ0n) is 15.4. The van der Waals surface area contributed by atoms with Crippen molar-refractivity contribution in [3.63, 3.8) is 0 Å². The number of alkyl halides is 3. The number of rotatable bonds is 3. The molecular formula is C20H13ClF3N5O. The van der Waals surface area contributed by atoms with Gasteiger partial charge in [0.2, 0.25) is 0 Å². The van der Waals surface area contributed by atoms with Crippen LogP contribution in [0.5, 0.6) is 0 Å². The number of imidazole rings is 1. The predicted octanol–water partition coefficient (Wildman–Crippen LogP) is 5.25. The lowest BCUT2D eigenvalue weighted by molar-refractivity contribution is -0.141. The third-order valence-corrected chi connectivity index (χ3v) is 4.71. The van der Waals surface area contributed by atoms with E-state index in [-0.39, 0.29) is 11.3 Å². The quantitative estimate of drug-likeness (QED) is 0.464. The Balaban J connectivity index is 1.63. The third-order valence-electron chi connectivity index (χ3n) is 4.38. The summed E-state index contributed by atoms with van der Waals surface area (Å²) in [4.78, 5) is 27.6. The fraction of sp³-hybridized carbons (Fsp3) is 0.100. The molecule has 0 radical (unpaired) electrons. The molecule has 2 N–H and O–H groups in total. The highest BCUT2D eigenvalue weighted by molar-refractivity contribution is 6.33. The van der Waals surface area contributed by atoms with E-state index in [0.717, 1.165) is 17.6 Å². The van der Waals surface area contributed by atoms with Crippen LogP contribution in [0.15, 0.2) is 48.8 Å². The number of anilines is 1. The number of benzene rings is 1. The first-order valence-corrected chi connectivity index (χ1v) is 9.06. The molecule has 0 aliphatic carbocycles. The maximum absolute atomic E-state index is 12.8. The summed E-state index contributed by atoms with van der Waals surface area (Å²) >= 11 is 6.29. The molecule has 30 heavy (non-hydrogen) atoms. The Bertz CT molecular complexity index is 1240. The number of hydrogen-bond acceptors (Lipinski definition) is 4. The van der Waals surface area contributed by atoms with Crippen LogP contribution in [-0.2, 0) is 6.18 Å². The molecule has 0 bridgehead atoms. The second-order valence-electron chi connectivity index (χ2n) is 6.45. The molecule has 0 saturated heterocycles. The van der Waals surface area contributed by atoms with Gasteiger partial charge < -0.3 is 10.3 Å². The number of pyridine rings is 2. The first-order chi connectivity index (χ1) is 14.2. The molecule has 0 aliphatic heterocycles. The zero-order chi connectivity index (χ0) is 21.5. The van der Waals surface area contributed by atoms with Crippen LogP contribution >= 0.6 is 11.6 Å². The first kappa shape index (κ1) is 19.8. The number of halogens is 4. The van der Waals surface area contributed by atoms with Gasteiger partial charge in [0.05, 0.1) is 33.5 Å². The Hall–Kier alpha value is -3.46. The monoisotopic (exact) mass is 431 g/mol. The van der Waals surface area contributed by atoms with E-state index in [1.54, 1.807) is 36.7 Å². The van der Waals surface area contributed by atoms with Crippen molar-refractivity contribution in [1.29, 1.82) is 0 Å². The number of carbonyl (C=O) groups is 1. The molecule has 3 heterocycles. The SMILES string of the molecule is Cc1nc(C(F)(F)F)ccc1C(=O)Nc1ccc(Cl)c(-c2nc3ccncc3[nH]2)c1. The number of nitrogens with zero attached hydrogens (tertiary/aromatic N) is 3. The summed E-state index contributed by atoms with van der Waals surface area (Å²) in [7, 11) is 0. The first-order valence-electron chi connectivity index (χ1n) is 8.68. The van der Waals surface area contributed by atoms with E-state index in [4.69, 9.17) is 11.6 Å². The molecule has 0 aliphatic rings. The number of nitrogens with one attached hydrogen (secondary N) is 2. The summed E-state index contributed by atoms with van der Waals surface area (Å²) in [6.45, 7) is 1.35. The number of carbonyl (C=O) groups excluding carboxylic acids is 1. The van der Waals surface area contributed by atoms with Crippen LogP contribution in [0.1, 0.15) is 21.7 Å². The maximum Gasteiger partial charge on any atom is 0.433 e. The van der Waals surface area contributed by atoms with Gasteiger partial charge in [0.25, 0.3) is 5.91 Å². The Morgan fingerprint density at radius 2 is 1.93 bits per heavy atom. The number of hydrogen-bond donors (Lipinski definition) is 2. The van der Waals surface area contributed by atoms with Crippen molar-refractivity contribution in [2.75, 3.05) is 5.32 Å². The number of aromatic nitrogens is 4. The minimum Gasteiger partial charge on any atom is -0.337 e. The van der Waals surface area contributed by atoms with Crippen molar-refractivity contribution in [1.82, 2.24) is 19.9 Å². The van der Waals surface area contributed by atoms with Gasteiger partial charge in [0.15, 0.2) is 0 Å². The van der Waals surface area contributed by atoms with Crippen molar-refractivity contribution in [3.8, 4) is 11.4 Å². The van der Waals surface area contributed by atoms with Gasteiger partial charge in [-0.15, -0.1) is 0 Å². The summed E-state index contributed by atoms with van der Waals surface area (Å²) < 4.78 is 38.3. The van der Waals surface area contributed by atoms with Gasteiger partial charge in [-0.1, -0.05) is 11.6 Å². The van der Waals surface area contributed by atoms with E-state index in [9.17, 15) is 18.0 Å². The van der Waals surface area contributed by atoms with Gasteiger partial charge in [-0.2, -0.15) is 13.2 Å². The minimum atomic E-state index is -4.58. The van der Waals surface area contributed by atoms with E-state index in [0.29, 0.717) is 27.6 Å². The zero-order valence-corrected chi connectivity index (χ0v) is 16.1. The van der Waals surface area contributed by atoms with Crippen molar-refractivity contribution in [2.24, 2.45) is 0 Å². The number of aryl methyl sites for hydroxylation is 1. The highest BCUT2D eigenvalue weighted by Gasteiger charge is 2.33. The lowest BCUT2D eigenvalue weighted by Gasteiger charge is -2.11. The lowest BCUT2D eigenvalue weighted by atomic mass is 10.1. The smallest absolute Gasteiger partial charge is 0.337 e. The molecule has 1 aromatic carbocycles. The second kappa shape index (κ2) is 7.42. The molecular weight excluding hydrogens is 419 g/mol. The average molecular weight is 432 g/mol. The Labute approximate surface area is 173 Å². The summed E-state index contributed by atoms with van der Waals surface area (Å²) in [6.07, 6.45) is -1.33. The summed E-state index contributed by atoms with van der Waals surface area (Å²) in [5.74, 6) is -0.0951. The fourth-order valence-electron chi connectivity index (χ4n) is 2.93. The van der Waals surface area contributed by atoms with E-state index in [1.165, 1.54) is 6.92 Å². The average Bonchev–Trinajstić information content (AvgIpc) is 3.12. The van der Waals surface area contributed by atoms with E-state index < -0.39 is 17.8 Å². The van der Waals surface area contributed by atoms with Crippen molar-refractivity contribution in [3.05, 3.63) is 70.8 Å². The lowest BCUT2D eigenvalue weighted by Crippen LogP contribution is -2.16. The predicted molar refractivity (Wildman–Crippen MR) is 106 cm³/mol. The van der Waals surface area contributed by atoms with Crippen molar-refractivity contribution < 1.29 is 18.0 Å². The fourth-order valence-corrected chi connectivity index (χ4v) is 3.13. The molecule has 0 saturated carbocycles. The summed E-state index contributed by atoms with van der Waals surface area (Å²) in [6, 6.07) is 8.42. The van der Waals surface area contributed by atoms with Gasteiger partial charge in [-0.05, 0) is 43.3 Å². The third kappa shape index (κ3) is 3.84. The molecule has 0 atom stereocenters. The van der Waals surface area contributed by atoms with Gasteiger partial charge >= 0.3 is 6.18 Å². The molecule has 6 nitrogen and oxygen atoms in total. The van der Waals surface area contributed by atoms with E-state index >= 15 is 0 Å². The normalized spacial score (nSPS) is 11.6. The van der Waals surface area contributed by atoms with Crippen LogP contribution < -0.4 is 5.32 Å².